The Labute approximate surface area is 98.0 Å². The highest BCUT2D eigenvalue weighted by atomic mass is 16.3. The summed E-state index contributed by atoms with van der Waals surface area (Å²) in [5.41, 5.74) is 0. The van der Waals surface area contributed by atoms with Crippen LogP contribution in [0.1, 0.15) is 39.0 Å². The van der Waals surface area contributed by atoms with Crippen molar-refractivity contribution in [3.05, 3.63) is 0 Å². The van der Waals surface area contributed by atoms with E-state index in [4.69, 9.17) is 5.11 Å². The Morgan fingerprint density at radius 1 is 1.44 bits per heavy atom. The first-order valence-electron chi connectivity index (χ1n) is 6.26. The van der Waals surface area contributed by atoms with Crippen molar-refractivity contribution in [2.24, 2.45) is 0 Å². The van der Waals surface area contributed by atoms with Gasteiger partial charge >= 0.3 is 0 Å². The summed E-state index contributed by atoms with van der Waals surface area (Å²) in [6, 6.07) is 0.209. The van der Waals surface area contributed by atoms with Crippen LogP contribution in [-0.4, -0.2) is 48.2 Å². The number of amides is 1. The molecular weight excluding hydrogens is 204 g/mol. The molecule has 1 atom stereocenters. The average molecular weight is 228 g/mol. The summed E-state index contributed by atoms with van der Waals surface area (Å²) in [7, 11) is 1.86. The van der Waals surface area contributed by atoms with Crippen LogP contribution in [0, 0.1) is 0 Å². The highest BCUT2D eigenvalue weighted by molar-refractivity contribution is 5.81. The molecule has 0 aromatic heterocycles. The largest absolute Gasteiger partial charge is 0.395 e. The van der Waals surface area contributed by atoms with Crippen LogP contribution in [0.5, 0.6) is 0 Å². The summed E-state index contributed by atoms with van der Waals surface area (Å²) < 4.78 is 0. The van der Waals surface area contributed by atoms with E-state index in [1.165, 1.54) is 19.3 Å². The van der Waals surface area contributed by atoms with Gasteiger partial charge in [-0.05, 0) is 26.8 Å². The van der Waals surface area contributed by atoms with Crippen molar-refractivity contribution in [2.75, 3.05) is 20.2 Å². The Balaban J connectivity index is 2.32. The van der Waals surface area contributed by atoms with Crippen LogP contribution in [0.25, 0.3) is 0 Å². The lowest BCUT2D eigenvalue weighted by molar-refractivity contribution is -0.126. The predicted molar refractivity (Wildman–Crippen MR) is 64.2 cm³/mol. The Morgan fingerprint density at radius 3 is 2.62 bits per heavy atom. The molecule has 0 heterocycles. The van der Waals surface area contributed by atoms with E-state index >= 15 is 0 Å². The first-order chi connectivity index (χ1) is 7.65. The Kier molecular flexibility index (Phi) is 5.77. The summed E-state index contributed by atoms with van der Waals surface area (Å²) in [6.45, 7) is 2.52. The smallest absolute Gasteiger partial charge is 0.237 e. The number of hydrogen-bond acceptors (Lipinski definition) is 3. The minimum Gasteiger partial charge on any atom is -0.395 e. The third-order valence-corrected chi connectivity index (χ3v) is 3.44. The van der Waals surface area contributed by atoms with Crippen LogP contribution < -0.4 is 5.32 Å². The molecule has 0 bridgehead atoms. The van der Waals surface area contributed by atoms with Crippen molar-refractivity contribution >= 4 is 5.91 Å². The van der Waals surface area contributed by atoms with Gasteiger partial charge < -0.3 is 10.4 Å². The highest BCUT2D eigenvalue weighted by Gasteiger charge is 2.21. The molecule has 2 N–H and O–H groups in total. The molecule has 0 aliphatic heterocycles. The second kappa shape index (κ2) is 6.86. The van der Waals surface area contributed by atoms with Crippen LogP contribution in [0.3, 0.4) is 0 Å². The summed E-state index contributed by atoms with van der Waals surface area (Å²) >= 11 is 0. The molecule has 0 saturated heterocycles. The number of carbonyl (C=O) groups excluding carboxylic acids is 1. The van der Waals surface area contributed by atoms with E-state index in [1.54, 1.807) is 0 Å². The molecule has 4 nitrogen and oxygen atoms in total. The van der Waals surface area contributed by atoms with Gasteiger partial charge in [-0.1, -0.05) is 19.3 Å². The van der Waals surface area contributed by atoms with Gasteiger partial charge in [-0.25, -0.2) is 0 Å². The van der Waals surface area contributed by atoms with Gasteiger partial charge in [0.1, 0.15) is 0 Å². The molecule has 1 rings (SSSR count). The van der Waals surface area contributed by atoms with E-state index in [9.17, 15) is 4.79 Å². The number of rotatable bonds is 5. The van der Waals surface area contributed by atoms with Crippen molar-refractivity contribution in [3.8, 4) is 0 Å². The minimum atomic E-state index is -0.158. The SMILES string of the molecule is CC(C(=O)NC1CCCCC1)N(C)CCO. The van der Waals surface area contributed by atoms with E-state index in [-0.39, 0.29) is 18.6 Å². The Hall–Kier alpha value is -0.610. The van der Waals surface area contributed by atoms with Gasteiger partial charge in [0.15, 0.2) is 0 Å². The standard InChI is InChI=1S/C12H24N2O2/c1-10(14(2)8-9-15)12(16)13-11-6-4-3-5-7-11/h10-11,15H,3-9H2,1-2H3,(H,13,16). The zero-order valence-corrected chi connectivity index (χ0v) is 10.4. The summed E-state index contributed by atoms with van der Waals surface area (Å²) in [5.74, 6) is 0.0860. The lowest BCUT2D eigenvalue weighted by atomic mass is 9.95. The van der Waals surface area contributed by atoms with Crippen LogP contribution in [-0.2, 0) is 4.79 Å². The van der Waals surface area contributed by atoms with Crippen LogP contribution in [0.2, 0.25) is 0 Å². The van der Waals surface area contributed by atoms with Crippen LogP contribution in [0.15, 0.2) is 0 Å². The zero-order valence-electron chi connectivity index (χ0n) is 10.4. The summed E-state index contributed by atoms with van der Waals surface area (Å²) in [5, 5.41) is 11.9. The van der Waals surface area contributed by atoms with Gasteiger partial charge in [-0.3, -0.25) is 9.69 Å². The molecule has 94 valence electrons. The Bertz CT molecular complexity index is 215. The molecule has 16 heavy (non-hydrogen) atoms. The monoisotopic (exact) mass is 228 g/mol. The third-order valence-electron chi connectivity index (χ3n) is 3.44. The van der Waals surface area contributed by atoms with Gasteiger partial charge in [0.05, 0.1) is 12.6 Å². The molecule has 0 spiro atoms. The van der Waals surface area contributed by atoms with Crippen LogP contribution in [0.4, 0.5) is 0 Å². The molecule has 0 aromatic rings. The van der Waals surface area contributed by atoms with E-state index in [0.29, 0.717) is 12.6 Å². The second-order valence-electron chi connectivity index (χ2n) is 4.72. The normalized spacial score (nSPS) is 19.8. The number of aliphatic hydroxyl groups is 1. The highest BCUT2D eigenvalue weighted by Crippen LogP contribution is 2.17. The molecule has 4 heteroatoms. The fourth-order valence-electron chi connectivity index (χ4n) is 2.12. The zero-order chi connectivity index (χ0) is 12.0. The van der Waals surface area contributed by atoms with Crippen molar-refractivity contribution in [1.82, 2.24) is 10.2 Å². The number of likely N-dealkylation sites (N-methyl/N-ethyl adjacent to an activating group) is 1. The summed E-state index contributed by atoms with van der Waals surface area (Å²) in [4.78, 5) is 13.8. The second-order valence-corrected chi connectivity index (χ2v) is 4.72. The first kappa shape index (κ1) is 13.5. The minimum absolute atomic E-state index is 0.0860. The topological polar surface area (TPSA) is 52.6 Å². The number of aliphatic hydroxyl groups excluding tert-OH is 1. The van der Waals surface area contributed by atoms with Crippen molar-refractivity contribution in [1.29, 1.82) is 0 Å². The molecule has 1 aliphatic rings. The van der Waals surface area contributed by atoms with Gasteiger partial charge in [0, 0.05) is 12.6 Å². The van der Waals surface area contributed by atoms with E-state index in [2.05, 4.69) is 5.32 Å². The quantitative estimate of drug-likeness (QED) is 0.730. The van der Waals surface area contributed by atoms with Gasteiger partial charge in [0.25, 0.3) is 0 Å². The molecule has 1 saturated carbocycles. The molecule has 0 aromatic carbocycles. The maximum Gasteiger partial charge on any atom is 0.237 e. The molecule has 1 unspecified atom stereocenters. The average Bonchev–Trinajstić information content (AvgIpc) is 2.29. The Morgan fingerprint density at radius 2 is 2.06 bits per heavy atom. The molecular formula is C12H24N2O2. The third kappa shape index (κ3) is 4.10. The van der Waals surface area contributed by atoms with Crippen molar-refractivity contribution < 1.29 is 9.90 Å². The number of carbonyl (C=O) groups is 1. The fourth-order valence-corrected chi connectivity index (χ4v) is 2.12. The lowest BCUT2D eigenvalue weighted by Gasteiger charge is -2.28. The molecule has 0 radical (unpaired) electrons. The van der Waals surface area contributed by atoms with Crippen molar-refractivity contribution in [2.45, 2.75) is 51.1 Å². The number of nitrogens with one attached hydrogen (secondary N) is 1. The van der Waals surface area contributed by atoms with Gasteiger partial charge in [0.2, 0.25) is 5.91 Å². The van der Waals surface area contributed by atoms with E-state index in [0.717, 1.165) is 12.8 Å². The predicted octanol–water partition coefficient (Wildman–Crippen LogP) is 0.748. The van der Waals surface area contributed by atoms with Crippen LogP contribution >= 0.6 is 0 Å². The molecule has 1 amide bonds. The lowest BCUT2D eigenvalue weighted by Crippen LogP contribution is -2.48. The summed E-state index contributed by atoms with van der Waals surface area (Å²) in [6.07, 6.45) is 5.98. The van der Waals surface area contributed by atoms with Gasteiger partial charge in [-0.15, -0.1) is 0 Å². The van der Waals surface area contributed by atoms with E-state index < -0.39 is 0 Å². The fraction of sp³-hybridized carbons (Fsp3) is 0.917. The maximum absolute atomic E-state index is 11.9. The number of nitrogens with zero attached hydrogens (tertiary/aromatic N) is 1. The first-order valence-corrected chi connectivity index (χ1v) is 6.26. The maximum atomic E-state index is 11.9. The van der Waals surface area contributed by atoms with Crippen molar-refractivity contribution in [3.63, 3.8) is 0 Å². The molecule has 1 fully saturated rings. The number of hydrogen-bond donors (Lipinski definition) is 2. The van der Waals surface area contributed by atoms with Gasteiger partial charge in [-0.2, -0.15) is 0 Å². The van der Waals surface area contributed by atoms with E-state index in [1.807, 2.05) is 18.9 Å². The molecule has 1 aliphatic carbocycles.